The Morgan fingerprint density at radius 2 is 2.12 bits per heavy atom. The van der Waals surface area contributed by atoms with E-state index in [1.54, 1.807) is 0 Å². The van der Waals surface area contributed by atoms with Crippen molar-refractivity contribution in [1.82, 2.24) is 4.72 Å². The first-order valence-corrected chi connectivity index (χ1v) is 8.52. The summed E-state index contributed by atoms with van der Waals surface area (Å²) >= 11 is 3.39. The van der Waals surface area contributed by atoms with Crippen LogP contribution in [0.5, 0.6) is 0 Å². The van der Waals surface area contributed by atoms with Crippen molar-refractivity contribution in [1.29, 1.82) is 0 Å². The van der Waals surface area contributed by atoms with Crippen molar-refractivity contribution in [3.8, 4) is 0 Å². The summed E-state index contributed by atoms with van der Waals surface area (Å²) in [7, 11) is -3.20. The molecule has 1 aliphatic carbocycles. The van der Waals surface area contributed by atoms with E-state index in [1.807, 2.05) is 0 Å². The molecule has 6 heteroatoms. The van der Waals surface area contributed by atoms with E-state index in [0.717, 1.165) is 32.1 Å². The standard InChI is InChI=1S/C10H18BrNO3S/c11-8-10(4-2-5-10)12-16(13,14)7-9-3-1-6-15-9/h9,12H,1-8H2. The third-order valence-corrected chi connectivity index (χ3v) is 6.00. The lowest BCUT2D eigenvalue weighted by molar-refractivity contribution is 0.126. The highest BCUT2D eigenvalue weighted by Gasteiger charge is 2.40. The van der Waals surface area contributed by atoms with Crippen molar-refractivity contribution < 1.29 is 13.2 Å². The van der Waals surface area contributed by atoms with E-state index in [-0.39, 0.29) is 17.4 Å². The molecule has 1 aliphatic heterocycles. The number of sulfonamides is 1. The quantitative estimate of drug-likeness (QED) is 0.781. The molecule has 0 aromatic heterocycles. The van der Waals surface area contributed by atoms with Crippen LogP contribution in [-0.4, -0.2) is 37.8 Å². The van der Waals surface area contributed by atoms with Crippen LogP contribution in [0.15, 0.2) is 0 Å². The Morgan fingerprint density at radius 3 is 2.56 bits per heavy atom. The molecular weight excluding hydrogens is 294 g/mol. The topological polar surface area (TPSA) is 55.4 Å². The Kier molecular flexibility index (Phi) is 3.93. The first-order valence-electron chi connectivity index (χ1n) is 5.74. The van der Waals surface area contributed by atoms with E-state index >= 15 is 0 Å². The molecule has 1 N–H and O–H groups in total. The van der Waals surface area contributed by atoms with Gasteiger partial charge in [-0.2, -0.15) is 0 Å². The van der Waals surface area contributed by atoms with Crippen molar-refractivity contribution in [3.63, 3.8) is 0 Å². The van der Waals surface area contributed by atoms with Gasteiger partial charge in [0.25, 0.3) is 0 Å². The second-order valence-corrected chi connectivity index (χ2v) is 7.11. The highest BCUT2D eigenvalue weighted by molar-refractivity contribution is 9.09. The van der Waals surface area contributed by atoms with Gasteiger partial charge in [-0.25, -0.2) is 13.1 Å². The van der Waals surface area contributed by atoms with Crippen LogP contribution in [0.25, 0.3) is 0 Å². The van der Waals surface area contributed by atoms with Gasteiger partial charge in [-0.05, 0) is 32.1 Å². The van der Waals surface area contributed by atoms with Crippen molar-refractivity contribution in [2.24, 2.45) is 0 Å². The van der Waals surface area contributed by atoms with Crippen molar-refractivity contribution in [2.75, 3.05) is 17.7 Å². The Bertz CT molecular complexity index is 328. The second kappa shape index (κ2) is 4.92. The molecule has 0 aromatic rings. The minimum Gasteiger partial charge on any atom is -0.377 e. The molecule has 2 aliphatic rings. The Hall–Kier alpha value is 0.350. The molecule has 1 heterocycles. The molecule has 1 saturated carbocycles. The van der Waals surface area contributed by atoms with Gasteiger partial charge < -0.3 is 4.74 Å². The summed E-state index contributed by atoms with van der Waals surface area (Å²) in [5.41, 5.74) is -0.225. The van der Waals surface area contributed by atoms with E-state index < -0.39 is 10.0 Å². The van der Waals surface area contributed by atoms with Crippen molar-refractivity contribution in [2.45, 2.75) is 43.7 Å². The van der Waals surface area contributed by atoms with Gasteiger partial charge in [-0.3, -0.25) is 0 Å². The highest BCUT2D eigenvalue weighted by Crippen LogP contribution is 2.34. The number of hydrogen-bond donors (Lipinski definition) is 1. The van der Waals surface area contributed by atoms with Crippen molar-refractivity contribution in [3.05, 3.63) is 0 Å². The molecule has 1 atom stereocenters. The zero-order valence-corrected chi connectivity index (χ0v) is 11.6. The number of ether oxygens (including phenoxy) is 1. The first-order chi connectivity index (χ1) is 7.55. The van der Waals surface area contributed by atoms with Gasteiger partial charge in [0.15, 0.2) is 0 Å². The number of halogens is 1. The summed E-state index contributed by atoms with van der Waals surface area (Å²) in [6.07, 6.45) is 4.71. The summed E-state index contributed by atoms with van der Waals surface area (Å²) in [6, 6.07) is 0. The van der Waals surface area contributed by atoms with Gasteiger partial charge in [-0.1, -0.05) is 15.9 Å². The predicted molar refractivity (Wildman–Crippen MR) is 66.3 cm³/mol. The molecule has 4 nitrogen and oxygen atoms in total. The summed E-state index contributed by atoms with van der Waals surface area (Å²) in [4.78, 5) is 0. The molecule has 0 amide bonds. The molecule has 1 saturated heterocycles. The Balaban J connectivity index is 1.91. The average Bonchev–Trinajstić information content (AvgIpc) is 2.63. The maximum Gasteiger partial charge on any atom is 0.214 e. The molecule has 0 spiro atoms. The van der Waals surface area contributed by atoms with Gasteiger partial charge in [-0.15, -0.1) is 0 Å². The second-order valence-electron chi connectivity index (χ2n) is 4.79. The monoisotopic (exact) mass is 311 g/mol. The molecule has 0 aromatic carbocycles. The lowest BCUT2D eigenvalue weighted by Gasteiger charge is -2.40. The third-order valence-electron chi connectivity index (χ3n) is 3.37. The largest absolute Gasteiger partial charge is 0.377 e. The average molecular weight is 312 g/mol. The molecule has 2 rings (SSSR count). The smallest absolute Gasteiger partial charge is 0.214 e. The number of alkyl halides is 1. The molecule has 2 fully saturated rings. The summed E-state index contributed by atoms with van der Waals surface area (Å²) < 4.78 is 32.1. The Morgan fingerprint density at radius 1 is 1.38 bits per heavy atom. The van der Waals surface area contributed by atoms with Crippen LogP contribution >= 0.6 is 15.9 Å². The number of rotatable bonds is 5. The lowest BCUT2D eigenvalue weighted by Crippen LogP contribution is -2.55. The van der Waals surface area contributed by atoms with Crippen LogP contribution in [0.4, 0.5) is 0 Å². The number of hydrogen-bond acceptors (Lipinski definition) is 3. The molecular formula is C10H18BrNO3S. The zero-order chi connectivity index (χ0) is 11.6. The normalized spacial score (nSPS) is 28.9. The summed E-state index contributed by atoms with van der Waals surface area (Å²) in [5, 5.41) is 0.699. The fourth-order valence-corrected chi connectivity index (χ4v) is 4.92. The fraction of sp³-hybridized carbons (Fsp3) is 1.00. The Labute approximate surface area is 105 Å². The summed E-state index contributed by atoms with van der Waals surface area (Å²) in [5.74, 6) is 0.113. The van der Waals surface area contributed by atoms with Gasteiger partial charge >= 0.3 is 0 Å². The number of nitrogens with one attached hydrogen (secondary N) is 1. The van der Waals surface area contributed by atoms with E-state index in [2.05, 4.69) is 20.7 Å². The van der Waals surface area contributed by atoms with Crippen LogP contribution in [0.1, 0.15) is 32.1 Å². The van der Waals surface area contributed by atoms with Crippen molar-refractivity contribution >= 4 is 26.0 Å². The highest BCUT2D eigenvalue weighted by atomic mass is 79.9. The van der Waals surface area contributed by atoms with E-state index in [9.17, 15) is 8.42 Å². The minimum absolute atomic E-state index is 0.107. The maximum absolute atomic E-state index is 11.9. The zero-order valence-electron chi connectivity index (χ0n) is 9.25. The lowest BCUT2D eigenvalue weighted by atomic mass is 9.80. The predicted octanol–water partition coefficient (Wildman–Crippen LogP) is 1.40. The van der Waals surface area contributed by atoms with Gasteiger partial charge in [0.05, 0.1) is 11.9 Å². The fourth-order valence-electron chi connectivity index (χ4n) is 2.26. The van der Waals surface area contributed by atoms with E-state index in [1.165, 1.54) is 0 Å². The molecule has 0 bridgehead atoms. The molecule has 94 valence electrons. The molecule has 1 unspecified atom stereocenters. The first kappa shape index (κ1) is 12.8. The van der Waals surface area contributed by atoms with Gasteiger partial charge in [0.2, 0.25) is 10.0 Å². The van der Waals surface area contributed by atoms with Crippen LogP contribution in [0.2, 0.25) is 0 Å². The van der Waals surface area contributed by atoms with E-state index in [4.69, 9.17) is 4.74 Å². The van der Waals surface area contributed by atoms with Crippen LogP contribution in [0, 0.1) is 0 Å². The SMILES string of the molecule is O=S(=O)(CC1CCCO1)NC1(CBr)CCC1. The van der Waals surface area contributed by atoms with Gasteiger partial charge in [0.1, 0.15) is 0 Å². The minimum atomic E-state index is -3.20. The van der Waals surface area contributed by atoms with Crippen LogP contribution < -0.4 is 4.72 Å². The van der Waals surface area contributed by atoms with Gasteiger partial charge in [0, 0.05) is 17.5 Å². The molecule has 16 heavy (non-hydrogen) atoms. The van der Waals surface area contributed by atoms with E-state index in [0.29, 0.717) is 11.9 Å². The maximum atomic E-state index is 11.9. The van der Waals surface area contributed by atoms with Crippen LogP contribution in [-0.2, 0) is 14.8 Å². The third kappa shape index (κ3) is 2.97. The summed E-state index contributed by atoms with van der Waals surface area (Å²) in [6.45, 7) is 0.698. The molecule has 0 radical (unpaired) electrons. The van der Waals surface area contributed by atoms with Crippen LogP contribution in [0.3, 0.4) is 0 Å².